The van der Waals surface area contributed by atoms with Crippen molar-refractivity contribution >= 4 is 5.69 Å². The Morgan fingerprint density at radius 2 is 1.84 bits per heavy atom. The molecule has 7 nitrogen and oxygen atoms in total. The molecular formula is C24H31N7. The summed E-state index contributed by atoms with van der Waals surface area (Å²) in [6.45, 7) is 13.0. The molecule has 1 aliphatic carbocycles. The zero-order valence-electron chi connectivity index (χ0n) is 18.9. The van der Waals surface area contributed by atoms with E-state index in [1.54, 1.807) is 0 Å². The highest BCUT2D eigenvalue weighted by molar-refractivity contribution is 5.74. The van der Waals surface area contributed by atoms with Gasteiger partial charge in [0.15, 0.2) is 0 Å². The lowest BCUT2D eigenvalue weighted by Gasteiger charge is -2.29. The normalized spacial score (nSPS) is 15.6. The Bertz CT molecular complexity index is 1080. The minimum Gasteiger partial charge on any atom is -0.368 e. The molecule has 3 aromatic heterocycles. The number of pyridine rings is 1. The molecule has 162 valence electrons. The van der Waals surface area contributed by atoms with Crippen molar-refractivity contribution < 1.29 is 0 Å². The first-order valence-electron chi connectivity index (χ1n) is 11.4. The van der Waals surface area contributed by atoms with Crippen LogP contribution >= 0.6 is 0 Å². The van der Waals surface area contributed by atoms with Crippen LogP contribution in [-0.4, -0.2) is 50.9 Å². The molecule has 0 aromatic carbocycles. The van der Waals surface area contributed by atoms with Crippen LogP contribution in [0.3, 0.4) is 0 Å². The number of hydrogen-bond acceptors (Lipinski definition) is 6. The number of rotatable bonds is 5. The van der Waals surface area contributed by atoms with E-state index in [2.05, 4.69) is 59.7 Å². The summed E-state index contributed by atoms with van der Waals surface area (Å²) in [5.41, 5.74) is 8.08. The predicted octanol–water partition coefficient (Wildman–Crippen LogP) is 3.34. The summed E-state index contributed by atoms with van der Waals surface area (Å²) in [6, 6.07) is 4.62. The van der Waals surface area contributed by atoms with Gasteiger partial charge in [-0.05, 0) is 31.9 Å². The van der Waals surface area contributed by atoms with Crippen molar-refractivity contribution in [3.05, 3.63) is 53.0 Å². The molecule has 2 aliphatic rings. The van der Waals surface area contributed by atoms with Gasteiger partial charge in [0.05, 0.1) is 35.4 Å². The second-order valence-corrected chi connectivity index (χ2v) is 9.16. The van der Waals surface area contributed by atoms with E-state index in [1.165, 1.54) is 22.5 Å². The van der Waals surface area contributed by atoms with E-state index < -0.39 is 0 Å². The van der Waals surface area contributed by atoms with Gasteiger partial charge < -0.3 is 10.2 Å². The van der Waals surface area contributed by atoms with Gasteiger partial charge in [-0.1, -0.05) is 13.8 Å². The maximum Gasteiger partial charge on any atom is 0.134 e. The van der Waals surface area contributed by atoms with Gasteiger partial charge in [-0.3, -0.25) is 9.67 Å². The quantitative estimate of drug-likeness (QED) is 0.537. The van der Waals surface area contributed by atoms with Crippen LogP contribution in [0.25, 0.3) is 11.3 Å². The standard InChI is InChI=1S/C24H31N7/c1-15(2)24-22-20(29-31(24)16(3)4)11-17-13-27-21(28-23(17)22)12-18-5-6-19(14-26-18)30-9-7-25-8-10-30/h5-6,13-16,25H,7-12H2,1-4H3. The Morgan fingerprint density at radius 1 is 1.03 bits per heavy atom. The third-order valence-corrected chi connectivity index (χ3v) is 6.20. The second kappa shape index (κ2) is 8.04. The zero-order chi connectivity index (χ0) is 21.5. The molecule has 1 fully saturated rings. The molecular weight excluding hydrogens is 386 g/mol. The number of anilines is 1. The van der Waals surface area contributed by atoms with Crippen LogP contribution in [0.4, 0.5) is 5.69 Å². The number of hydrogen-bond donors (Lipinski definition) is 1. The lowest BCUT2D eigenvalue weighted by atomic mass is 10.0. The van der Waals surface area contributed by atoms with E-state index >= 15 is 0 Å². The first kappa shape index (κ1) is 20.1. The molecule has 3 aromatic rings. The second-order valence-electron chi connectivity index (χ2n) is 9.16. The third kappa shape index (κ3) is 3.71. The summed E-state index contributed by atoms with van der Waals surface area (Å²) in [7, 11) is 0. The average Bonchev–Trinajstić information content (AvgIpc) is 3.31. The molecule has 5 rings (SSSR count). The van der Waals surface area contributed by atoms with Crippen molar-refractivity contribution in [2.24, 2.45) is 0 Å². The van der Waals surface area contributed by atoms with Crippen LogP contribution in [0.2, 0.25) is 0 Å². The molecule has 0 spiro atoms. The van der Waals surface area contributed by atoms with Crippen molar-refractivity contribution in [1.82, 2.24) is 30.0 Å². The summed E-state index contributed by atoms with van der Waals surface area (Å²) >= 11 is 0. The van der Waals surface area contributed by atoms with Crippen molar-refractivity contribution in [3.8, 4) is 11.3 Å². The summed E-state index contributed by atoms with van der Waals surface area (Å²) in [5.74, 6) is 1.21. The lowest BCUT2D eigenvalue weighted by Crippen LogP contribution is -2.43. The van der Waals surface area contributed by atoms with E-state index in [4.69, 9.17) is 15.1 Å². The smallest absolute Gasteiger partial charge is 0.134 e. The predicted molar refractivity (Wildman–Crippen MR) is 123 cm³/mol. The maximum absolute atomic E-state index is 4.99. The molecule has 0 unspecified atom stereocenters. The van der Waals surface area contributed by atoms with Gasteiger partial charge in [0, 0.05) is 61.7 Å². The van der Waals surface area contributed by atoms with Crippen LogP contribution in [0.1, 0.15) is 68.1 Å². The Morgan fingerprint density at radius 3 is 2.52 bits per heavy atom. The van der Waals surface area contributed by atoms with Gasteiger partial charge >= 0.3 is 0 Å². The largest absolute Gasteiger partial charge is 0.368 e. The Kier molecular flexibility index (Phi) is 5.22. The molecule has 1 N–H and O–H groups in total. The maximum atomic E-state index is 4.99. The Labute approximate surface area is 183 Å². The van der Waals surface area contributed by atoms with Crippen molar-refractivity contribution in [3.63, 3.8) is 0 Å². The average molecular weight is 418 g/mol. The summed E-state index contributed by atoms with van der Waals surface area (Å²) in [5, 5.41) is 8.31. The molecule has 1 saturated heterocycles. The monoisotopic (exact) mass is 417 g/mol. The fraction of sp³-hybridized carbons (Fsp3) is 0.500. The fourth-order valence-corrected chi connectivity index (χ4v) is 4.67. The molecule has 0 amide bonds. The molecule has 0 bridgehead atoms. The molecule has 1 aliphatic heterocycles. The minimum absolute atomic E-state index is 0.339. The number of nitrogens with zero attached hydrogens (tertiary/aromatic N) is 6. The van der Waals surface area contributed by atoms with Gasteiger partial charge in [-0.15, -0.1) is 0 Å². The van der Waals surface area contributed by atoms with Crippen LogP contribution < -0.4 is 10.2 Å². The van der Waals surface area contributed by atoms with Crippen LogP contribution in [0, 0.1) is 0 Å². The fourth-order valence-electron chi connectivity index (χ4n) is 4.67. The van der Waals surface area contributed by atoms with E-state index in [9.17, 15) is 0 Å². The zero-order valence-corrected chi connectivity index (χ0v) is 18.9. The molecule has 4 heterocycles. The molecule has 0 saturated carbocycles. The first-order valence-corrected chi connectivity index (χ1v) is 11.4. The van der Waals surface area contributed by atoms with E-state index in [-0.39, 0.29) is 0 Å². The highest BCUT2D eigenvalue weighted by atomic mass is 15.3. The third-order valence-electron chi connectivity index (χ3n) is 6.20. The summed E-state index contributed by atoms with van der Waals surface area (Å²) < 4.78 is 2.18. The first-order chi connectivity index (χ1) is 15.0. The topological polar surface area (TPSA) is 71.8 Å². The van der Waals surface area contributed by atoms with Crippen molar-refractivity contribution in [2.45, 2.75) is 52.5 Å². The molecule has 0 radical (unpaired) electrons. The number of nitrogens with one attached hydrogen (secondary N) is 1. The molecule has 0 atom stereocenters. The minimum atomic E-state index is 0.339. The lowest BCUT2D eigenvalue weighted by molar-refractivity contribution is 0.494. The van der Waals surface area contributed by atoms with E-state index in [1.807, 2.05) is 12.4 Å². The van der Waals surface area contributed by atoms with E-state index in [0.29, 0.717) is 18.4 Å². The number of aromatic nitrogens is 5. The van der Waals surface area contributed by atoms with Gasteiger partial charge in [0.1, 0.15) is 5.82 Å². The van der Waals surface area contributed by atoms with Gasteiger partial charge in [0.2, 0.25) is 0 Å². The van der Waals surface area contributed by atoms with Gasteiger partial charge in [-0.25, -0.2) is 9.97 Å². The molecule has 31 heavy (non-hydrogen) atoms. The van der Waals surface area contributed by atoms with Crippen molar-refractivity contribution in [1.29, 1.82) is 0 Å². The highest BCUT2D eigenvalue weighted by Crippen LogP contribution is 2.40. The van der Waals surface area contributed by atoms with Crippen LogP contribution in [0.15, 0.2) is 24.5 Å². The SMILES string of the molecule is CC(C)c1c2c(nn1C(C)C)Cc1cnc(Cc3ccc(N4CCNCC4)cn3)nc1-2. The Hall–Kier alpha value is -2.80. The summed E-state index contributed by atoms with van der Waals surface area (Å²) in [4.78, 5) is 16.7. The van der Waals surface area contributed by atoms with Gasteiger partial charge in [-0.2, -0.15) is 5.10 Å². The Balaban J connectivity index is 1.41. The highest BCUT2D eigenvalue weighted by Gasteiger charge is 2.31. The van der Waals surface area contributed by atoms with E-state index in [0.717, 1.165) is 55.5 Å². The van der Waals surface area contributed by atoms with Gasteiger partial charge in [0.25, 0.3) is 0 Å². The van der Waals surface area contributed by atoms with Crippen molar-refractivity contribution in [2.75, 3.05) is 31.1 Å². The summed E-state index contributed by atoms with van der Waals surface area (Å²) in [6.07, 6.45) is 5.43. The van der Waals surface area contributed by atoms with Crippen LogP contribution in [-0.2, 0) is 12.8 Å². The van der Waals surface area contributed by atoms with Crippen LogP contribution in [0.5, 0.6) is 0 Å². The number of fused-ring (bicyclic) bond motifs is 3. The molecule has 7 heteroatoms. The number of piperazine rings is 1.